The number of aromatic hydroxyl groups is 1. The first kappa shape index (κ1) is 18.9. The van der Waals surface area contributed by atoms with Crippen molar-refractivity contribution in [1.29, 1.82) is 0 Å². The number of hydrogen-bond donors (Lipinski definition) is 2. The second-order valence-electron chi connectivity index (χ2n) is 7.28. The van der Waals surface area contributed by atoms with Gasteiger partial charge in [-0.15, -0.1) is 0 Å². The number of nitrogens with zero attached hydrogens (tertiary/aromatic N) is 5. The first-order valence-electron chi connectivity index (χ1n) is 9.71. The Kier molecular flexibility index (Phi) is 5.12. The SMILES string of the molecule is Cc1nc2c(NCCc3ccc(O)cc3)nc(-c3cccnc3)nc2n1C(C)C. The number of aromatic nitrogens is 5. The van der Waals surface area contributed by atoms with Gasteiger partial charge in [-0.25, -0.2) is 15.0 Å². The number of pyridine rings is 1. The zero-order valence-corrected chi connectivity index (χ0v) is 16.8. The summed E-state index contributed by atoms with van der Waals surface area (Å²) in [6, 6.07) is 11.3. The maximum atomic E-state index is 9.44. The largest absolute Gasteiger partial charge is 0.508 e. The highest BCUT2D eigenvalue weighted by atomic mass is 16.3. The number of nitrogens with one attached hydrogen (secondary N) is 1. The van der Waals surface area contributed by atoms with E-state index in [4.69, 9.17) is 15.0 Å². The molecule has 1 aromatic carbocycles. The van der Waals surface area contributed by atoms with Gasteiger partial charge >= 0.3 is 0 Å². The zero-order valence-electron chi connectivity index (χ0n) is 16.8. The average Bonchev–Trinajstić information content (AvgIpc) is 3.06. The van der Waals surface area contributed by atoms with Crippen LogP contribution in [0, 0.1) is 6.92 Å². The smallest absolute Gasteiger partial charge is 0.166 e. The lowest BCUT2D eigenvalue weighted by molar-refractivity contribution is 0.475. The minimum Gasteiger partial charge on any atom is -0.508 e. The van der Waals surface area contributed by atoms with Crippen LogP contribution in [0.2, 0.25) is 0 Å². The van der Waals surface area contributed by atoms with Gasteiger partial charge < -0.3 is 15.0 Å². The Morgan fingerprint density at radius 1 is 1.07 bits per heavy atom. The van der Waals surface area contributed by atoms with Gasteiger partial charge in [0.05, 0.1) is 0 Å². The van der Waals surface area contributed by atoms with Crippen molar-refractivity contribution in [3.63, 3.8) is 0 Å². The fraction of sp³-hybridized carbons (Fsp3) is 0.273. The Bertz CT molecular complexity index is 1120. The average molecular weight is 388 g/mol. The molecule has 0 saturated heterocycles. The van der Waals surface area contributed by atoms with E-state index in [0.717, 1.165) is 40.4 Å². The predicted molar refractivity (Wildman–Crippen MR) is 114 cm³/mol. The summed E-state index contributed by atoms with van der Waals surface area (Å²) in [5, 5.41) is 12.9. The van der Waals surface area contributed by atoms with Crippen LogP contribution in [0.3, 0.4) is 0 Å². The molecule has 0 spiro atoms. The molecular weight excluding hydrogens is 364 g/mol. The minimum atomic E-state index is 0.237. The molecule has 0 atom stereocenters. The van der Waals surface area contributed by atoms with Crippen LogP contribution in [0.5, 0.6) is 5.75 Å². The molecule has 0 unspecified atom stereocenters. The van der Waals surface area contributed by atoms with Gasteiger partial charge in [-0.1, -0.05) is 12.1 Å². The molecule has 0 aliphatic rings. The molecule has 0 saturated carbocycles. The van der Waals surface area contributed by atoms with E-state index in [0.29, 0.717) is 12.4 Å². The lowest BCUT2D eigenvalue weighted by Crippen LogP contribution is -2.09. The van der Waals surface area contributed by atoms with Crippen LogP contribution >= 0.6 is 0 Å². The maximum absolute atomic E-state index is 9.44. The Morgan fingerprint density at radius 2 is 1.86 bits per heavy atom. The molecule has 0 aliphatic carbocycles. The number of imidazole rings is 1. The van der Waals surface area contributed by atoms with Crippen LogP contribution in [0.4, 0.5) is 5.82 Å². The molecule has 0 radical (unpaired) electrons. The van der Waals surface area contributed by atoms with Crippen molar-refractivity contribution in [2.75, 3.05) is 11.9 Å². The van der Waals surface area contributed by atoms with E-state index in [1.54, 1.807) is 24.5 Å². The molecule has 148 valence electrons. The number of hydrogen-bond acceptors (Lipinski definition) is 6. The molecule has 7 heteroatoms. The zero-order chi connectivity index (χ0) is 20.4. The van der Waals surface area contributed by atoms with Crippen molar-refractivity contribution in [2.24, 2.45) is 0 Å². The van der Waals surface area contributed by atoms with Crippen molar-refractivity contribution in [3.8, 4) is 17.1 Å². The second-order valence-corrected chi connectivity index (χ2v) is 7.28. The normalized spacial score (nSPS) is 11.3. The summed E-state index contributed by atoms with van der Waals surface area (Å²) < 4.78 is 2.13. The van der Waals surface area contributed by atoms with Gasteiger partial charge in [0.1, 0.15) is 11.6 Å². The highest BCUT2D eigenvalue weighted by Crippen LogP contribution is 2.27. The van der Waals surface area contributed by atoms with Gasteiger partial charge in [-0.05, 0) is 57.0 Å². The molecule has 3 heterocycles. The van der Waals surface area contributed by atoms with Crippen LogP contribution in [-0.2, 0) is 6.42 Å². The van der Waals surface area contributed by atoms with Crippen LogP contribution < -0.4 is 5.32 Å². The topological polar surface area (TPSA) is 88.8 Å². The summed E-state index contributed by atoms with van der Waals surface area (Å²) in [5.74, 6) is 2.53. The van der Waals surface area contributed by atoms with Crippen molar-refractivity contribution >= 4 is 17.0 Å². The van der Waals surface area contributed by atoms with Crippen LogP contribution in [0.15, 0.2) is 48.8 Å². The first-order chi connectivity index (χ1) is 14.0. The van der Waals surface area contributed by atoms with Gasteiger partial charge in [0, 0.05) is 30.5 Å². The number of aryl methyl sites for hydroxylation is 1. The minimum absolute atomic E-state index is 0.237. The van der Waals surface area contributed by atoms with Crippen LogP contribution in [0.25, 0.3) is 22.6 Å². The number of phenols is 1. The van der Waals surface area contributed by atoms with Gasteiger partial charge in [0.25, 0.3) is 0 Å². The predicted octanol–water partition coefficient (Wildman–Crippen LogP) is 4.14. The molecule has 3 aromatic heterocycles. The third kappa shape index (κ3) is 3.89. The fourth-order valence-corrected chi connectivity index (χ4v) is 3.44. The van der Waals surface area contributed by atoms with Gasteiger partial charge in [-0.2, -0.15) is 0 Å². The number of anilines is 1. The number of fused-ring (bicyclic) bond motifs is 1. The molecule has 29 heavy (non-hydrogen) atoms. The van der Waals surface area contributed by atoms with Crippen molar-refractivity contribution in [3.05, 3.63) is 60.2 Å². The Morgan fingerprint density at radius 3 is 2.55 bits per heavy atom. The summed E-state index contributed by atoms with van der Waals surface area (Å²) in [4.78, 5) is 18.5. The summed E-state index contributed by atoms with van der Waals surface area (Å²) in [6.45, 7) is 6.93. The third-order valence-electron chi connectivity index (χ3n) is 4.79. The van der Waals surface area contributed by atoms with Crippen LogP contribution in [-0.4, -0.2) is 36.2 Å². The van der Waals surface area contributed by atoms with Gasteiger partial charge in [0.15, 0.2) is 22.8 Å². The highest BCUT2D eigenvalue weighted by Gasteiger charge is 2.18. The molecule has 0 fully saturated rings. The molecule has 0 amide bonds. The fourth-order valence-electron chi connectivity index (χ4n) is 3.44. The monoisotopic (exact) mass is 388 g/mol. The summed E-state index contributed by atoms with van der Waals surface area (Å²) in [7, 11) is 0. The Labute approximate surface area is 169 Å². The lowest BCUT2D eigenvalue weighted by atomic mass is 10.1. The van der Waals surface area contributed by atoms with E-state index in [1.807, 2.05) is 31.2 Å². The molecular formula is C22H24N6O. The van der Waals surface area contributed by atoms with E-state index in [2.05, 4.69) is 28.7 Å². The van der Waals surface area contributed by atoms with E-state index in [-0.39, 0.29) is 11.8 Å². The van der Waals surface area contributed by atoms with Crippen LogP contribution in [0.1, 0.15) is 31.3 Å². The number of phenolic OH excluding ortho intramolecular Hbond substituents is 1. The first-order valence-corrected chi connectivity index (χ1v) is 9.71. The lowest BCUT2D eigenvalue weighted by Gasteiger charge is -2.12. The number of rotatable bonds is 6. The third-order valence-corrected chi connectivity index (χ3v) is 4.79. The second kappa shape index (κ2) is 7.87. The van der Waals surface area contributed by atoms with Gasteiger partial charge in [0.2, 0.25) is 0 Å². The Balaban J connectivity index is 1.71. The number of benzene rings is 1. The van der Waals surface area contributed by atoms with Gasteiger partial charge in [-0.3, -0.25) is 4.98 Å². The standard InChI is InChI=1S/C22H24N6O/c1-14(2)28-15(3)25-19-21(24-12-10-16-6-8-18(29)9-7-16)26-20(27-22(19)28)17-5-4-11-23-13-17/h4-9,11,13-14,29H,10,12H2,1-3H3,(H,24,26,27). The van der Waals surface area contributed by atoms with Crippen molar-refractivity contribution < 1.29 is 5.11 Å². The molecule has 2 N–H and O–H groups in total. The summed E-state index contributed by atoms with van der Waals surface area (Å²) >= 11 is 0. The quantitative estimate of drug-likeness (QED) is 0.516. The highest BCUT2D eigenvalue weighted by molar-refractivity contribution is 5.85. The molecule has 4 rings (SSSR count). The van der Waals surface area contributed by atoms with Crippen molar-refractivity contribution in [2.45, 2.75) is 33.2 Å². The van der Waals surface area contributed by atoms with E-state index < -0.39 is 0 Å². The molecule has 0 bridgehead atoms. The molecule has 7 nitrogen and oxygen atoms in total. The van der Waals surface area contributed by atoms with E-state index in [1.165, 1.54) is 0 Å². The molecule has 0 aliphatic heterocycles. The van der Waals surface area contributed by atoms with E-state index >= 15 is 0 Å². The Hall–Kier alpha value is -3.48. The maximum Gasteiger partial charge on any atom is 0.166 e. The van der Waals surface area contributed by atoms with Crippen molar-refractivity contribution in [1.82, 2.24) is 24.5 Å². The molecule has 4 aromatic rings. The summed E-state index contributed by atoms with van der Waals surface area (Å²) in [5.41, 5.74) is 3.59. The summed E-state index contributed by atoms with van der Waals surface area (Å²) in [6.07, 6.45) is 4.31. The van der Waals surface area contributed by atoms with E-state index in [9.17, 15) is 5.11 Å².